The first kappa shape index (κ1) is 18.7. The molecule has 3 aromatic carbocycles. The standard InChI is InChI=1S/C22H14O6/c23-13-15-7-1-5-11-19(15)27-21(25)17-9-3-4-10-18(17)22(26)28-20-12-6-2-8-16(20)14-24/h1-14H. The third-order valence-electron chi connectivity index (χ3n) is 3.86. The molecule has 0 N–H and O–H groups in total. The third kappa shape index (κ3) is 4.02. The molecule has 0 aliphatic rings. The van der Waals surface area contributed by atoms with Gasteiger partial charge in [0.2, 0.25) is 0 Å². The smallest absolute Gasteiger partial charge is 0.344 e. The molecule has 3 aromatic rings. The number of esters is 2. The number of hydrogen-bond donors (Lipinski definition) is 0. The second kappa shape index (κ2) is 8.55. The summed E-state index contributed by atoms with van der Waals surface area (Å²) in [5.41, 5.74) is 0.347. The van der Waals surface area contributed by atoms with E-state index >= 15 is 0 Å². The predicted molar refractivity (Wildman–Crippen MR) is 100 cm³/mol. The fraction of sp³-hybridized carbons (Fsp3) is 0. The highest BCUT2D eigenvalue weighted by Gasteiger charge is 2.21. The first-order valence-corrected chi connectivity index (χ1v) is 8.26. The molecular formula is C22H14O6. The van der Waals surface area contributed by atoms with Gasteiger partial charge in [-0.05, 0) is 36.4 Å². The number of carbonyl (C=O) groups excluding carboxylic acids is 4. The van der Waals surface area contributed by atoms with Crippen molar-refractivity contribution in [1.82, 2.24) is 0 Å². The summed E-state index contributed by atoms with van der Waals surface area (Å²) in [4.78, 5) is 47.3. The molecule has 6 nitrogen and oxygen atoms in total. The molecule has 6 heteroatoms. The Morgan fingerprint density at radius 3 is 1.32 bits per heavy atom. The zero-order valence-electron chi connectivity index (χ0n) is 14.5. The minimum absolute atomic E-state index is 0.0308. The number of aldehydes is 2. The average Bonchev–Trinajstić information content (AvgIpc) is 2.74. The molecule has 0 saturated heterocycles. The summed E-state index contributed by atoms with van der Waals surface area (Å²) in [7, 11) is 0. The van der Waals surface area contributed by atoms with Crippen LogP contribution in [0.2, 0.25) is 0 Å². The van der Waals surface area contributed by atoms with Gasteiger partial charge in [0, 0.05) is 0 Å². The highest BCUT2D eigenvalue weighted by Crippen LogP contribution is 2.21. The van der Waals surface area contributed by atoms with E-state index in [2.05, 4.69) is 0 Å². The van der Waals surface area contributed by atoms with Crippen LogP contribution in [-0.4, -0.2) is 24.5 Å². The molecule has 0 aliphatic carbocycles. The van der Waals surface area contributed by atoms with Gasteiger partial charge < -0.3 is 9.47 Å². The van der Waals surface area contributed by atoms with Crippen molar-refractivity contribution in [2.24, 2.45) is 0 Å². The normalized spacial score (nSPS) is 10.0. The van der Waals surface area contributed by atoms with E-state index in [1.807, 2.05) is 0 Å². The molecule has 0 radical (unpaired) electrons. The van der Waals surface area contributed by atoms with E-state index in [1.54, 1.807) is 36.4 Å². The largest absolute Gasteiger partial charge is 0.422 e. The van der Waals surface area contributed by atoms with Crippen molar-refractivity contribution in [2.45, 2.75) is 0 Å². The van der Waals surface area contributed by atoms with E-state index < -0.39 is 11.9 Å². The van der Waals surface area contributed by atoms with Gasteiger partial charge in [-0.2, -0.15) is 0 Å². The number of para-hydroxylation sites is 2. The summed E-state index contributed by atoms with van der Waals surface area (Å²) in [6.45, 7) is 0. The number of carbonyl (C=O) groups is 4. The topological polar surface area (TPSA) is 86.7 Å². The summed E-state index contributed by atoms with van der Waals surface area (Å²) < 4.78 is 10.5. The number of rotatable bonds is 6. The molecule has 0 bridgehead atoms. The minimum Gasteiger partial charge on any atom is -0.422 e. The third-order valence-corrected chi connectivity index (χ3v) is 3.86. The Morgan fingerprint density at radius 1 is 0.571 bits per heavy atom. The molecule has 28 heavy (non-hydrogen) atoms. The number of ether oxygens (including phenoxy) is 2. The minimum atomic E-state index is -0.814. The van der Waals surface area contributed by atoms with Crippen molar-refractivity contribution >= 4 is 24.5 Å². The van der Waals surface area contributed by atoms with Crippen molar-refractivity contribution in [2.75, 3.05) is 0 Å². The summed E-state index contributed by atoms with van der Waals surface area (Å²) in [5.74, 6) is -1.47. The van der Waals surface area contributed by atoms with Gasteiger partial charge in [0.15, 0.2) is 12.6 Å². The zero-order valence-corrected chi connectivity index (χ0v) is 14.5. The lowest BCUT2D eigenvalue weighted by molar-refractivity contribution is 0.0690. The van der Waals surface area contributed by atoms with Crippen LogP contribution in [0.1, 0.15) is 41.4 Å². The lowest BCUT2D eigenvalue weighted by atomic mass is 10.1. The van der Waals surface area contributed by atoms with Crippen molar-refractivity contribution in [3.63, 3.8) is 0 Å². The van der Waals surface area contributed by atoms with Crippen LogP contribution in [0.3, 0.4) is 0 Å². The molecular weight excluding hydrogens is 360 g/mol. The van der Waals surface area contributed by atoms with Crippen LogP contribution >= 0.6 is 0 Å². The molecule has 138 valence electrons. The molecule has 0 aliphatic heterocycles. The maximum Gasteiger partial charge on any atom is 0.344 e. The van der Waals surface area contributed by atoms with Gasteiger partial charge in [-0.25, -0.2) is 9.59 Å². The summed E-state index contributed by atoms with van der Waals surface area (Å²) >= 11 is 0. The lowest BCUT2D eigenvalue weighted by Crippen LogP contribution is -2.18. The van der Waals surface area contributed by atoms with E-state index in [-0.39, 0.29) is 33.8 Å². The highest BCUT2D eigenvalue weighted by atomic mass is 16.5. The van der Waals surface area contributed by atoms with Crippen molar-refractivity contribution < 1.29 is 28.7 Å². The fourth-order valence-corrected chi connectivity index (χ4v) is 2.49. The van der Waals surface area contributed by atoms with Gasteiger partial charge in [0.25, 0.3) is 0 Å². The summed E-state index contributed by atoms with van der Waals surface area (Å²) in [6.07, 6.45) is 1.14. The number of benzene rings is 3. The van der Waals surface area contributed by atoms with Gasteiger partial charge in [-0.15, -0.1) is 0 Å². The van der Waals surface area contributed by atoms with E-state index in [9.17, 15) is 19.2 Å². The van der Waals surface area contributed by atoms with Crippen LogP contribution < -0.4 is 9.47 Å². The van der Waals surface area contributed by atoms with Gasteiger partial charge in [0.05, 0.1) is 22.3 Å². The SMILES string of the molecule is O=Cc1ccccc1OC(=O)c1ccccc1C(=O)Oc1ccccc1C=O. The van der Waals surface area contributed by atoms with E-state index in [0.717, 1.165) is 0 Å². The van der Waals surface area contributed by atoms with Crippen LogP contribution in [0.5, 0.6) is 11.5 Å². The lowest BCUT2D eigenvalue weighted by Gasteiger charge is -2.11. The monoisotopic (exact) mass is 374 g/mol. The summed E-state index contributed by atoms with van der Waals surface area (Å²) in [5, 5.41) is 0. The van der Waals surface area contributed by atoms with E-state index in [1.165, 1.54) is 36.4 Å². The van der Waals surface area contributed by atoms with Gasteiger partial charge >= 0.3 is 11.9 Å². The molecule has 0 atom stereocenters. The molecule has 0 fully saturated rings. The molecule has 0 unspecified atom stereocenters. The molecule has 0 aromatic heterocycles. The Balaban J connectivity index is 1.88. The first-order valence-electron chi connectivity index (χ1n) is 8.26. The van der Waals surface area contributed by atoms with Gasteiger partial charge in [-0.3, -0.25) is 9.59 Å². The van der Waals surface area contributed by atoms with E-state index in [4.69, 9.17) is 9.47 Å². The fourth-order valence-electron chi connectivity index (χ4n) is 2.49. The van der Waals surface area contributed by atoms with Crippen molar-refractivity contribution in [3.8, 4) is 11.5 Å². The number of hydrogen-bond acceptors (Lipinski definition) is 6. The van der Waals surface area contributed by atoms with Gasteiger partial charge in [-0.1, -0.05) is 36.4 Å². The van der Waals surface area contributed by atoms with Crippen molar-refractivity contribution in [1.29, 1.82) is 0 Å². The first-order chi connectivity index (χ1) is 13.6. The zero-order chi connectivity index (χ0) is 19.9. The Kier molecular flexibility index (Phi) is 5.72. The van der Waals surface area contributed by atoms with Crippen LogP contribution in [0.4, 0.5) is 0 Å². The maximum absolute atomic E-state index is 12.6. The molecule has 0 amide bonds. The Labute approximate surface area is 160 Å². The molecule has 3 rings (SSSR count). The predicted octanol–water partition coefficient (Wildman–Crippen LogP) is 3.75. The van der Waals surface area contributed by atoms with Crippen molar-refractivity contribution in [3.05, 3.63) is 95.1 Å². The average molecular weight is 374 g/mol. The van der Waals surface area contributed by atoms with E-state index in [0.29, 0.717) is 12.6 Å². The Bertz CT molecular complexity index is 970. The molecule has 0 heterocycles. The second-order valence-electron chi connectivity index (χ2n) is 5.64. The maximum atomic E-state index is 12.6. The quantitative estimate of drug-likeness (QED) is 0.371. The molecule has 0 saturated carbocycles. The Morgan fingerprint density at radius 2 is 0.929 bits per heavy atom. The van der Waals surface area contributed by atoms with Crippen LogP contribution in [0.15, 0.2) is 72.8 Å². The highest BCUT2D eigenvalue weighted by molar-refractivity contribution is 6.05. The summed E-state index contributed by atoms with van der Waals surface area (Å²) in [6, 6.07) is 18.4. The molecule has 0 spiro atoms. The van der Waals surface area contributed by atoms with Crippen LogP contribution in [0.25, 0.3) is 0 Å². The van der Waals surface area contributed by atoms with Gasteiger partial charge in [0.1, 0.15) is 11.5 Å². The van der Waals surface area contributed by atoms with Crippen LogP contribution in [0, 0.1) is 0 Å². The van der Waals surface area contributed by atoms with Crippen LogP contribution in [-0.2, 0) is 0 Å². The Hall–Kier alpha value is -4.06. The second-order valence-corrected chi connectivity index (χ2v) is 5.64.